The van der Waals surface area contributed by atoms with E-state index < -0.39 is 0 Å². The maximum absolute atomic E-state index is 12.3. The van der Waals surface area contributed by atoms with Gasteiger partial charge in [-0.15, -0.1) is 0 Å². The molecule has 138 valence electrons. The smallest absolute Gasteiger partial charge is 0.232 e. The Labute approximate surface area is 153 Å². The number of carbonyl (C=O) groups excluding carboxylic acids is 1. The van der Waals surface area contributed by atoms with E-state index in [0.717, 1.165) is 31.0 Å². The van der Waals surface area contributed by atoms with Gasteiger partial charge in [-0.3, -0.25) is 9.78 Å². The molecule has 0 aromatic carbocycles. The van der Waals surface area contributed by atoms with Gasteiger partial charge in [0, 0.05) is 25.6 Å². The van der Waals surface area contributed by atoms with Crippen LogP contribution in [0.15, 0.2) is 28.9 Å². The molecule has 7 heteroatoms. The summed E-state index contributed by atoms with van der Waals surface area (Å²) in [4.78, 5) is 25.4. The second-order valence-electron chi connectivity index (χ2n) is 7.50. The molecule has 2 aliphatic heterocycles. The summed E-state index contributed by atoms with van der Waals surface area (Å²) < 4.78 is 5.49. The van der Waals surface area contributed by atoms with Crippen molar-refractivity contribution in [1.82, 2.24) is 24.9 Å². The number of amides is 1. The third-order valence-electron chi connectivity index (χ3n) is 5.44. The molecule has 4 rings (SSSR count). The van der Waals surface area contributed by atoms with Crippen LogP contribution in [-0.4, -0.2) is 57.5 Å². The summed E-state index contributed by atoms with van der Waals surface area (Å²) in [6.07, 6.45) is 5.42. The Kier molecular flexibility index (Phi) is 4.97. The normalized spacial score (nSPS) is 22.3. The molecule has 2 fully saturated rings. The van der Waals surface area contributed by atoms with E-state index in [0.29, 0.717) is 31.3 Å². The molecule has 2 saturated heterocycles. The van der Waals surface area contributed by atoms with E-state index in [1.165, 1.54) is 12.8 Å². The number of hydrogen-bond donors (Lipinski definition) is 0. The van der Waals surface area contributed by atoms with Crippen LogP contribution in [0.4, 0.5) is 0 Å². The van der Waals surface area contributed by atoms with Crippen LogP contribution >= 0.6 is 0 Å². The van der Waals surface area contributed by atoms with Crippen LogP contribution in [0.2, 0.25) is 0 Å². The number of likely N-dealkylation sites (tertiary alicyclic amines) is 2. The number of piperidine rings is 1. The first-order valence-corrected chi connectivity index (χ1v) is 9.36. The third-order valence-corrected chi connectivity index (χ3v) is 5.44. The van der Waals surface area contributed by atoms with Gasteiger partial charge in [-0.1, -0.05) is 11.2 Å². The monoisotopic (exact) mass is 355 g/mol. The van der Waals surface area contributed by atoms with E-state index in [1.807, 2.05) is 23.1 Å². The Morgan fingerprint density at radius 2 is 2.12 bits per heavy atom. The highest BCUT2D eigenvalue weighted by molar-refractivity contribution is 5.79. The number of carbonyl (C=O) groups is 1. The fourth-order valence-electron chi connectivity index (χ4n) is 3.82. The fourth-order valence-corrected chi connectivity index (χ4v) is 3.82. The van der Waals surface area contributed by atoms with Crippen LogP contribution in [0.5, 0.6) is 0 Å². The highest BCUT2D eigenvalue weighted by Gasteiger charge is 2.34. The molecule has 1 amide bonds. The summed E-state index contributed by atoms with van der Waals surface area (Å²) in [5, 5.41) is 4.17. The number of hydrogen-bond acceptors (Lipinski definition) is 6. The highest BCUT2D eigenvalue weighted by atomic mass is 16.5. The summed E-state index contributed by atoms with van der Waals surface area (Å²) in [7, 11) is 2.16. The average Bonchev–Trinajstić information content (AvgIpc) is 3.25. The Morgan fingerprint density at radius 1 is 1.27 bits per heavy atom. The molecule has 2 aliphatic rings. The molecule has 2 aromatic rings. The Balaban J connectivity index is 1.35. The number of nitrogens with zero attached hydrogens (tertiary/aromatic N) is 5. The van der Waals surface area contributed by atoms with Gasteiger partial charge in [0.05, 0.1) is 18.2 Å². The lowest BCUT2D eigenvalue weighted by Crippen LogP contribution is -2.31. The van der Waals surface area contributed by atoms with Gasteiger partial charge >= 0.3 is 0 Å². The Morgan fingerprint density at radius 3 is 2.88 bits per heavy atom. The molecule has 1 atom stereocenters. The molecule has 0 spiro atoms. The van der Waals surface area contributed by atoms with Crippen molar-refractivity contribution in [3.05, 3.63) is 41.8 Å². The minimum Gasteiger partial charge on any atom is -0.339 e. The van der Waals surface area contributed by atoms with Crippen molar-refractivity contribution in [2.45, 2.75) is 38.1 Å². The number of aromatic nitrogens is 3. The van der Waals surface area contributed by atoms with Crippen molar-refractivity contribution < 1.29 is 9.32 Å². The molecule has 0 N–H and O–H groups in total. The third kappa shape index (κ3) is 3.93. The molecular formula is C19H25N5O2. The van der Waals surface area contributed by atoms with Gasteiger partial charge in [0.1, 0.15) is 0 Å². The molecule has 0 radical (unpaired) electrons. The van der Waals surface area contributed by atoms with E-state index in [4.69, 9.17) is 4.52 Å². The zero-order chi connectivity index (χ0) is 17.9. The predicted octanol–water partition coefficient (Wildman–Crippen LogP) is 1.86. The standard InChI is InChI=1S/C19H25N5O2/c1-23-8-5-14(6-9-23)10-17-21-19(26-22-17)15-11-18(25)24(12-15)13-16-4-2-3-7-20-16/h2-4,7,14-15H,5-6,8-13H2,1H3/t15-/m1/s1. The van der Waals surface area contributed by atoms with Gasteiger partial charge in [-0.25, -0.2) is 0 Å². The largest absolute Gasteiger partial charge is 0.339 e. The van der Waals surface area contributed by atoms with Crippen LogP contribution in [0, 0.1) is 5.92 Å². The average molecular weight is 355 g/mol. The summed E-state index contributed by atoms with van der Waals surface area (Å²) >= 11 is 0. The lowest BCUT2D eigenvalue weighted by molar-refractivity contribution is -0.128. The molecule has 0 aliphatic carbocycles. The number of pyridine rings is 1. The molecule has 4 heterocycles. The van der Waals surface area contributed by atoms with Crippen molar-refractivity contribution in [3.63, 3.8) is 0 Å². The van der Waals surface area contributed by atoms with Crippen LogP contribution in [0.1, 0.15) is 42.6 Å². The Bertz CT molecular complexity index is 739. The quantitative estimate of drug-likeness (QED) is 0.815. The molecule has 0 unspecified atom stereocenters. The lowest BCUT2D eigenvalue weighted by Gasteiger charge is -2.28. The summed E-state index contributed by atoms with van der Waals surface area (Å²) in [6, 6.07) is 5.75. The highest BCUT2D eigenvalue weighted by Crippen LogP contribution is 2.28. The van der Waals surface area contributed by atoms with Gasteiger partial charge in [-0.2, -0.15) is 4.98 Å². The van der Waals surface area contributed by atoms with Crippen LogP contribution in [0.25, 0.3) is 0 Å². The minimum absolute atomic E-state index is 0.00930. The number of rotatable bonds is 5. The first-order valence-electron chi connectivity index (χ1n) is 9.36. The second kappa shape index (κ2) is 7.53. The topological polar surface area (TPSA) is 75.4 Å². The summed E-state index contributed by atoms with van der Waals surface area (Å²) in [5.41, 5.74) is 0.898. The molecule has 2 aromatic heterocycles. The van der Waals surface area contributed by atoms with Crippen molar-refractivity contribution in [3.8, 4) is 0 Å². The summed E-state index contributed by atoms with van der Waals surface area (Å²) in [6.45, 7) is 3.42. The fraction of sp³-hybridized carbons (Fsp3) is 0.579. The zero-order valence-corrected chi connectivity index (χ0v) is 15.2. The van der Waals surface area contributed by atoms with Crippen LogP contribution in [0.3, 0.4) is 0 Å². The molecule has 0 bridgehead atoms. The van der Waals surface area contributed by atoms with Gasteiger partial charge in [0.25, 0.3) is 0 Å². The predicted molar refractivity (Wildman–Crippen MR) is 95.2 cm³/mol. The first kappa shape index (κ1) is 17.1. The van der Waals surface area contributed by atoms with Crippen LogP contribution in [-0.2, 0) is 17.8 Å². The van der Waals surface area contributed by atoms with E-state index >= 15 is 0 Å². The molecule has 0 saturated carbocycles. The first-order chi connectivity index (χ1) is 12.7. The van der Waals surface area contributed by atoms with E-state index in [2.05, 4.69) is 27.1 Å². The maximum atomic E-state index is 12.3. The van der Waals surface area contributed by atoms with Crippen LogP contribution < -0.4 is 0 Å². The van der Waals surface area contributed by atoms with Gasteiger partial charge in [0.2, 0.25) is 11.8 Å². The van der Waals surface area contributed by atoms with Gasteiger partial charge < -0.3 is 14.3 Å². The SMILES string of the molecule is CN1CCC(Cc2noc([C@@H]3CC(=O)N(Cc4ccccn4)C3)n2)CC1. The van der Waals surface area contributed by atoms with Crippen molar-refractivity contribution in [2.75, 3.05) is 26.7 Å². The second-order valence-corrected chi connectivity index (χ2v) is 7.50. The van der Waals surface area contributed by atoms with E-state index in [-0.39, 0.29) is 11.8 Å². The lowest BCUT2D eigenvalue weighted by atomic mass is 9.93. The zero-order valence-electron chi connectivity index (χ0n) is 15.2. The van der Waals surface area contributed by atoms with Gasteiger partial charge in [0.15, 0.2) is 5.82 Å². The molecule has 26 heavy (non-hydrogen) atoms. The van der Waals surface area contributed by atoms with Crippen molar-refractivity contribution >= 4 is 5.91 Å². The van der Waals surface area contributed by atoms with Crippen molar-refractivity contribution in [1.29, 1.82) is 0 Å². The van der Waals surface area contributed by atoms with Gasteiger partial charge in [-0.05, 0) is 51.0 Å². The molecule has 7 nitrogen and oxygen atoms in total. The maximum Gasteiger partial charge on any atom is 0.232 e. The van der Waals surface area contributed by atoms with E-state index in [1.54, 1.807) is 6.20 Å². The summed E-state index contributed by atoms with van der Waals surface area (Å²) in [5.74, 6) is 2.12. The Hall–Kier alpha value is -2.28. The minimum atomic E-state index is -0.00930. The van der Waals surface area contributed by atoms with E-state index in [9.17, 15) is 4.79 Å². The molecular weight excluding hydrogens is 330 g/mol. The van der Waals surface area contributed by atoms with Crippen molar-refractivity contribution in [2.24, 2.45) is 5.92 Å².